The van der Waals surface area contributed by atoms with Crippen LogP contribution in [-0.2, 0) is 4.74 Å². The molecule has 0 spiro atoms. The predicted octanol–water partition coefficient (Wildman–Crippen LogP) is 5.35. The summed E-state index contributed by atoms with van der Waals surface area (Å²) in [6.07, 6.45) is 16.8. The minimum Gasteiger partial charge on any atom is -0.375 e. The Labute approximate surface area is 119 Å². The van der Waals surface area contributed by atoms with Crippen molar-refractivity contribution in [3.8, 4) is 0 Å². The summed E-state index contributed by atoms with van der Waals surface area (Å²) in [5.41, 5.74) is 0. The molecular formula is C18H32O. The summed E-state index contributed by atoms with van der Waals surface area (Å²) in [6.45, 7) is 6.54. The molecule has 0 aliphatic heterocycles. The van der Waals surface area contributed by atoms with Crippen molar-refractivity contribution in [1.82, 2.24) is 0 Å². The fourth-order valence-corrected chi connectivity index (χ4v) is 4.27. The van der Waals surface area contributed by atoms with E-state index < -0.39 is 0 Å². The molecule has 0 radical (unpaired) electrons. The first-order chi connectivity index (χ1) is 9.22. The van der Waals surface area contributed by atoms with Crippen LogP contribution < -0.4 is 0 Å². The number of hydrogen-bond acceptors (Lipinski definition) is 1. The summed E-state index contributed by atoms with van der Waals surface area (Å²) >= 11 is 0. The lowest BCUT2D eigenvalue weighted by Gasteiger charge is -2.43. The van der Waals surface area contributed by atoms with Crippen molar-refractivity contribution in [2.24, 2.45) is 17.8 Å². The predicted molar refractivity (Wildman–Crippen MR) is 82.2 cm³/mol. The lowest BCUT2D eigenvalue weighted by Crippen LogP contribution is -2.41. The average Bonchev–Trinajstić information content (AvgIpc) is 2.41. The van der Waals surface area contributed by atoms with Crippen LogP contribution in [0.25, 0.3) is 0 Å². The summed E-state index contributed by atoms with van der Waals surface area (Å²) in [5, 5.41) is 0. The molecule has 2 saturated carbocycles. The third kappa shape index (κ3) is 4.08. The molecule has 0 aromatic heterocycles. The molecule has 0 heterocycles. The molecule has 1 heteroatoms. The molecule has 19 heavy (non-hydrogen) atoms. The number of ether oxygens (including phenoxy) is 1. The van der Waals surface area contributed by atoms with Gasteiger partial charge in [0.25, 0.3) is 0 Å². The normalized spacial score (nSPS) is 34.2. The Morgan fingerprint density at radius 2 is 1.68 bits per heavy atom. The van der Waals surface area contributed by atoms with Crippen LogP contribution in [-0.4, -0.2) is 12.2 Å². The van der Waals surface area contributed by atoms with E-state index in [2.05, 4.69) is 32.9 Å². The molecule has 0 bridgehead atoms. The molecule has 3 unspecified atom stereocenters. The maximum Gasteiger partial charge on any atom is 0.0671 e. The summed E-state index contributed by atoms with van der Waals surface area (Å²) in [7, 11) is 0. The van der Waals surface area contributed by atoms with Crippen molar-refractivity contribution in [3.05, 3.63) is 12.2 Å². The molecule has 0 saturated heterocycles. The van der Waals surface area contributed by atoms with Crippen LogP contribution in [0.3, 0.4) is 0 Å². The highest BCUT2D eigenvalue weighted by molar-refractivity contribution is 4.97. The molecule has 3 atom stereocenters. The average molecular weight is 264 g/mol. The van der Waals surface area contributed by atoms with Crippen molar-refractivity contribution in [1.29, 1.82) is 0 Å². The molecule has 2 rings (SSSR count). The molecule has 110 valence electrons. The van der Waals surface area contributed by atoms with Gasteiger partial charge in [-0.2, -0.15) is 0 Å². The highest BCUT2D eigenvalue weighted by atomic mass is 16.5. The van der Waals surface area contributed by atoms with E-state index in [1.165, 1.54) is 51.4 Å². The van der Waals surface area contributed by atoms with Gasteiger partial charge in [0.1, 0.15) is 0 Å². The van der Waals surface area contributed by atoms with E-state index in [4.69, 9.17) is 4.74 Å². The Balaban J connectivity index is 2.08. The standard InChI is InChI=1S/C18H32O/c1-4-9-16-12-8-13-17(18(16)19-14(2)3)15-10-6-5-7-11-15/h4,9,14-18H,5-8,10-13H2,1-3H3/b9-4+. The molecule has 2 aliphatic rings. The summed E-state index contributed by atoms with van der Waals surface area (Å²) in [5.74, 6) is 2.41. The van der Waals surface area contributed by atoms with Crippen molar-refractivity contribution in [2.45, 2.75) is 84.3 Å². The first-order valence-electron chi connectivity index (χ1n) is 8.50. The minimum atomic E-state index is 0.363. The van der Waals surface area contributed by atoms with E-state index in [1.807, 2.05) is 0 Å². The SMILES string of the molecule is C/C=C/C1CCCC(C2CCCCC2)C1OC(C)C. The minimum absolute atomic E-state index is 0.363. The van der Waals surface area contributed by atoms with Crippen LogP contribution in [0, 0.1) is 17.8 Å². The summed E-state index contributed by atoms with van der Waals surface area (Å²) in [4.78, 5) is 0. The Bertz CT molecular complexity index is 275. The van der Waals surface area contributed by atoms with Crippen molar-refractivity contribution in [2.75, 3.05) is 0 Å². The monoisotopic (exact) mass is 264 g/mol. The van der Waals surface area contributed by atoms with Gasteiger partial charge in [-0.1, -0.05) is 50.7 Å². The zero-order chi connectivity index (χ0) is 13.7. The van der Waals surface area contributed by atoms with E-state index in [9.17, 15) is 0 Å². The van der Waals surface area contributed by atoms with Gasteiger partial charge in [-0.25, -0.2) is 0 Å². The van der Waals surface area contributed by atoms with E-state index in [0.717, 1.165) is 11.8 Å². The van der Waals surface area contributed by atoms with Crippen molar-refractivity contribution < 1.29 is 4.74 Å². The highest BCUT2D eigenvalue weighted by Gasteiger charge is 2.38. The van der Waals surface area contributed by atoms with Gasteiger partial charge in [-0.05, 0) is 45.4 Å². The van der Waals surface area contributed by atoms with Gasteiger partial charge in [0, 0.05) is 5.92 Å². The van der Waals surface area contributed by atoms with Gasteiger partial charge in [-0.15, -0.1) is 0 Å². The van der Waals surface area contributed by atoms with Gasteiger partial charge >= 0.3 is 0 Å². The third-order valence-corrected chi connectivity index (χ3v) is 5.04. The fourth-order valence-electron chi connectivity index (χ4n) is 4.27. The zero-order valence-electron chi connectivity index (χ0n) is 13.1. The summed E-state index contributed by atoms with van der Waals surface area (Å²) < 4.78 is 6.37. The molecule has 2 aliphatic carbocycles. The smallest absolute Gasteiger partial charge is 0.0671 e. The Morgan fingerprint density at radius 3 is 2.32 bits per heavy atom. The molecule has 0 aromatic carbocycles. The lowest BCUT2D eigenvalue weighted by molar-refractivity contribution is -0.0851. The maximum atomic E-state index is 6.37. The first kappa shape index (κ1) is 15.1. The van der Waals surface area contributed by atoms with E-state index in [-0.39, 0.29) is 0 Å². The number of rotatable bonds is 4. The van der Waals surface area contributed by atoms with Gasteiger partial charge in [0.2, 0.25) is 0 Å². The quantitative estimate of drug-likeness (QED) is 0.622. The second-order valence-electron chi connectivity index (χ2n) is 6.83. The largest absolute Gasteiger partial charge is 0.375 e. The maximum absolute atomic E-state index is 6.37. The molecule has 0 N–H and O–H groups in total. The Kier molecular flexibility index (Phi) is 5.94. The van der Waals surface area contributed by atoms with Gasteiger partial charge in [0.15, 0.2) is 0 Å². The van der Waals surface area contributed by atoms with Crippen LogP contribution in [0.15, 0.2) is 12.2 Å². The van der Waals surface area contributed by atoms with Gasteiger partial charge in [-0.3, -0.25) is 0 Å². The molecule has 1 nitrogen and oxygen atoms in total. The number of hydrogen-bond donors (Lipinski definition) is 0. The van der Waals surface area contributed by atoms with Gasteiger partial charge < -0.3 is 4.74 Å². The van der Waals surface area contributed by atoms with Crippen molar-refractivity contribution in [3.63, 3.8) is 0 Å². The molecule has 2 fully saturated rings. The van der Waals surface area contributed by atoms with Crippen LogP contribution in [0.4, 0.5) is 0 Å². The lowest BCUT2D eigenvalue weighted by atomic mass is 9.68. The van der Waals surface area contributed by atoms with Crippen LogP contribution >= 0.6 is 0 Å². The highest BCUT2D eigenvalue weighted by Crippen LogP contribution is 2.42. The second-order valence-corrected chi connectivity index (χ2v) is 6.83. The van der Waals surface area contributed by atoms with Gasteiger partial charge in [0.05, 0.1) is 12.2 Å². The third-order valence-electron chi connectivity index (χ3n) is 5.04. The Morgan fingerprint density at radius 1 is 0.947 bits per heavy atom. The topological polar surface area (TPSA) is 9.23 Å². The van der Waals surface area contributed by atoms with E-state index in [1.54, 1.807) is 0 Å². The molecule has 0 aromatic rings. The fraction of sp³-hybridized carbons (Fsp3) is 0.889. The van der Waals surface area contributed by atoms with E-state index >= 15 is 0 Å². The van der Waals surface area contributed by atoms with Crippen molar-refractivity contribution >= 4 is 0 Å². The number of allylic oxidation sites excluding steroid dienone is 1. The second kappa shape index (κ2) is 7.47. The molecular weight excluding hydrogens is 232 g/mol. The first-order valence-corrected chi connectivity index (χ1v) is 8.50. The van der Waals surface area contributed by atoms with Crippen LogP contribution in [0.1, 0.15) is 72.1 Å². The summed E-state index contributed by atoms with van der Waals surface area (Å²) in [6, 6.07) is 0. The van der Waals surface area contributed by atoms with Crippen LogP contribution in [0.2, 0.25) is 0 Å². The Hall–Kier alpha value is -0.300. The molecule has 0 amide bonds. The van der Waals surface area contributed by atoms with E-state index in [0.29, 0.717) is 18.1 Å². The van der Waals surface area contributed by atoms with Crippen LogP contribution in [0.5, 0.6) is 0 Å². The zero-order valence-corrected chi connectivity index (χ0v) is 13.1.